The summed E-state index contributed by atoms with van der Waals surface area (Å²) >= 11 is 0. The molecule has 3 rings (SSSR count). The van der Waals surface area contributed by atoms with E-state index in [0.29, 0.717) is 16.6 Å². The van der Waals surface area contributed by atoms with Crippen molar-refractivity contribution in [3.05, 3.63) is 53.6 Å². The first-order valence-electron chi connectivity index (χ1n) is 6.68. The van der Waals surface area contributed by atoms with E-state index in [9.17, 15) is 9.90 Å². The zero-order valence-corrected chi connectivity index (χ0v) is 11.9. The smallest absolute Gasteiger partial charge is 0.295 e. The van der Waals surface area contributed by atoms with Gasteiger partial charge in [0.15, 0.2) is 5.69 Å². The maximum Gasteiger partial charge on any atom is 0.295 e. The number of carbonyl (C=O) groups is 1. The van der Waals surface area contributed by atoms with E-state index < -0.39 is 5.91 Å². The molecule has 0 bridgehead atoms. The third-order valence-electron chi connectivity index (χ3n) is 3.39. The number of benzene rings is 2. The number of H-pyrrole nitrogens is 1. The van der Waals surface area contributed by atoms with Gasteiger partial charge in [0, 0.05) is 16.6 Å². The van der Waals surface area contributed by atoms with E-state index in [1.807, 2.05) is 19.1 Å². The lowest BCUT2D eigenvalue weighted by atomic mass is 10.1. The molecule has 0 aliphatic rings. The van der Waals surface area contributed by atoms with Gasteiger partial charge in [0.1, 0.15) is 0 Å². The predicted molar refractivity (Wildman–Crippen MR) is 84.4 cm³/mol. The second-order valence-corrected chi connectivity index (χ2v) is 4.95. The Morgan fingerprint density at radius 2 is 1.91 bits per heavy atom. The fraction of sp³-hybridized carbons (Fsp3) is 0.0625. The Hall–Kier alpha value is -3.15. The van der Waals surface area contributed by atoms with E-state index >= 15 is 0 Å². The van der Waals surface area contributed by atoms with E-state index in [1.54, 1.807) is 30.3 Å². The van der Waals surface area contributed by atoms with Gasteiger partial charge in [0.05, 0.1) is 5.52 Å². The molecule has 4 N–H and O–H groups in total. The second-order valence-electron chi connectivity index (χ2n) is 4.95. The van der Waals surface area contributed by atoms with Crippen LogP contribution in [0.4, 0.5) is 11.4 Å². The number of nitrogens with one attached hydrogen (secondary N) is 1. The molecule has 1 heterocycles. The van der Waals surface area contributed by atoms with Crippen LogP contribution in [0.15, 0.2) is 52.7 Å². The third kappa shape index (κ3) is 2.42. The SMILES string of the molecule is Cc1cccc2c(N=NC(=O)c3ccc(N)cc3)c(O)[nH]c12. The number of rotatable bonds is 2. The van der Waals surface area contributed by atoms with Crippen molar-refractivity contribution in [2.45, 2.75) is 6.92 Å². The number of hydrogen-bond donors (Lipinski definition) is 3. The van der Waals surface area contributed by atoms with Gasteiger partial charge < -0.3 is 15.8 Å². The molecule has 1 aromatic heterocycles. The van der Waals surface area contributed by atoms with Crippen molar-refractivity contribution in [2.75, 3.05) is 5.73 Å². The van der Waals surface area contributed by atoms with Gasteiger partial charge in [0.25, 0.3) is 5.91 Å². The van der Waals surface area contributed by atoms with Crippen molar-refractivity contribution in [3.63, 3.8) is 0 Å². The van der Waals surface area contributed by atoms with Crippen molar-refractivity contribution < 1.29 is 9.90 Å². The lowest BCUT2D eigenvalue weighted by Crippen LogP contribution is -1.94. The van der Waals surface area contributed by atoms with Crippen LogP contribution in [0.5, 0.6) is 5.88 Å². The number of carbonyl (C=O) groups excluding carboxylic acids is 1. The number of azo groups is 1. The molecule has 6 heteroatoms. The minimum Gasteiger partial charge on any atom is -0.493 e. The highest BCUT2D eigenvalue weighted by molar-refractivity contribution is 5.97. The first-order chi connectivity index (χ1) is 10.6. The topological polar surface area (TPSA) is 104 Å². The molecule has 0 aliphatic carbocycles. The van der Waals surface area contributed by atoms with Crippen LogP contribution in [-0.4, -0.2) is 16.0 Å². The molecule has 0 spiro atoms. The van der Waals surface area contributed by atoms with Gasteiger partial charge in [-0.25, -0.2) is 0 Å². The minimum atomic E-state index is -0.499. The van der Waals surface area contributed by atoms with Gasteiger partial charge in [0.2, 0.25) is 5.88 Å². The second kappa shape index (κ2) is 5.33. The van der Waals surface area contributed by atoms with Crippen LogP contribution >= 0.6 is 0 Å². The molecule has 22 heavy (non-hydrogen) atoms. The summed E-state index contributed by atoms with van der Waals surface area (Å²) in [6.07, 6.45) is 0. The normalized spacial score (nSPS) is 11.3. The van der Waals surface area contributed by atoms with E-state index in [4.69, 9.17) is 5.73 Å². The molecule has 0 atom stereocenters. The first-order valence-corrected chi connectivity index (χ1v) is 6.68. The van der Waals surface area contributed by atoms with E-state index in [-0.39, 0.29) is 11.6 Å². The molecule has 0 fully saturated rings. The van der Waals surface area contributed by atoms with Gasteiger partial charge in [-0.3, -0.25) is 4.79 Å². The molecule has 0 unspecified atom stereocenters. The number of anilines is 1. The number of aromatic amines is 1. The van der Waals surface area contributed by atoms with Crippen LogP contribution in [-0.2, 0) is 0 Å². The average molecular weight is 294 g/mol. The molecule has 0 aliphatic heterocycles. The number of hydrogen-bond acceptors (Lipinski definition) is 4. The van der Waals surface area contributed by atoms with E-state index in [2.05, 4.69) is 15.2 Å². The lowest BCUT2D eigenvalue weighted by Gasteiger charge is -1.96. The number of para-hydroxylation sites is 1. The molecule has 0 saturated heterocycles. The van der Waals surface area contributed by atoms with E-state index in [0.717, 1.165) is 11.1 Å². The number of aromatic hydroxyl groups is 1. The zero-order valence-electron chi connectivity index (χ0n) is 11.9. The monoisotopic (exact) mass is 294 g/mol. The van der Waals surface area contributed by atoms with Crippen LogP contribution in [0.2, 0.25) is 0 Å². The highest BCUT2D eigenvalue weighted by atomic mass is 16.3. The van der Waals surface area contributed by atoms with Crippen molar-refractivity contribution in [1.29, 1.82) is 0 Å². The van der Waals surface area contributed by atoms with Gasteiger partial charge in [-0.1, -0.05) is 18.2 Å². The Balaban J connectivity index is 1.96. The molecule has 2 aromatic carbocycles. The van der Waals surface area contributed by atoms with Crippen LogP contribution < -0.4 is 5.73 Å². The molecule has 6 nitrogen and oxygen atoms in total. The predicted octanol–water partition coefficient (Wildman–Crippen LogP) is 3.69. The fourth-order valence-electron chi connectivity index (χ4n) is 2.22. The molecule has 1 amide bonds. The molecule has 0 radical (unpaired) electrons. The summed E-state index contributed by atoms with van der Waals surface area (Å²) in [6.45, 7) is 1.92. The molecular weight excluding hydrogens is 280 g/mol. The number of nitrogen functional groups attached to an aromatic ring is 1. The summed E-state index contributed by atoms with van der Waals surface area (Å²) < 4.78 is 0. The summed E-state index contributed by atoms with van der Waals surface area (Å²) in [6, 6.07) is 12.0. The number of aryl methyl sites for hydroxylation is 1. The number of aromatic nitrogens is 1. The quantitative estimate of drug-likeness (QED) is 0.496. The Kier molecular flexibility index (Phi) is 3.34. The van der Waals surface area contributed by atoms with Gasteiger partial charge in [-0.2, -0.15) is 0 Å². The molecule has 3 aromatic rings. The van der Waals surface area contributed by atoms with E-state index in [1.165, 1.54) is 0 Å². The summed E-state index contributed by atoms with van der Waals surface area (Å²) in [4.78, 5) is 14.8. The van der Waals surface area contributed by atoms with Crippen molar-refractivity contribution in [1.82, 2.24) is 4.98 Å². The Morgan fingerprint density at radius 1 is 1.18 bits per heavy atom. The Labute approximate surface area is 126 Å². The maximum atomic E-state index is 12.0. The number of amides is 1. The number of nitrogens with two attached hydrogens (primary N) is 1. The summed E-state index contributed by atoms with van der Waals surface area (Å²) in [5.74, 6) is -0.612. The highest BCUT2D eigenvalue weighted by Gasteiger charge is 2.12. The maximum absolute atomic E-state index is 12.0. The van der Waals surface area contributed by atoms with Gasteiger partial charge in [-0.05, 0) is 36.8 Å². The van der Waals surface area contributed by atoms with Crippen LogP contribution in [0.3, 0.4) is 0 Å². The highest BCUT2D eigenvalue weighted by Crippen LogP contribution is 2.36. The minimum absolute atomic E-state index is 0.113. The standard InChI is InChI=1S/C16H14N4O2/c1-9-3-2-4-12-13(9)18-16(22)14(12)19-20-15(21)10-5-7-11(17)8-6-10/h2-8,18,22H,17H2,1H3. The summed E-state index contributed by atoms with van der Waals surface area (Å²) in [5.41, 5.74) is 8.52. The Morgan fingerprint density at radius 3 is 2.64 bits per heavy atom. The van der Waals surface area contributed by atoms with Crippen LogP contribution in [0.25, 0.3) is 10.9 Å². The first kappa shape index (κ1) is 13.8. The number of nitrogens with zero attached hydrogens (tertiary/aromatic N) is 2. The largest absolute Gasteiger partial charge is 0.493 e. The average Bonchev–Trinajstić information content (AvgIpc) is 2.83. The lowest BCUT2D eigenvalue weighted by molar-refractivity contribution is 0.0995. The molecule has 0 saturated carbocycles. The van der Waals surface area contributed by atoms with Gasteiger partial charge >= 0.3 is 0 Å². The molecular formula is C16H14N4O2. The van der Waals surface area contributed by atoms with Crippen molar-refractivity contribution in [2.24, 2.45) is 10.2 Å². The summed E-state index contributed by atoms with van der Waals surface area (Å²) in [5, 5.41) is 18.2. The third-order valence-corrected chi connectivity index (χ3v) is 3.39. The summed E-state index contributed by atoms with van der Waals surface area (Å²) in [7, 11) is 0. The fourth-order valence-corrected chi connectivity index (χ4v) is 2.22. The molecule has 110 valence electrons. The van der Waals surface area contributed by atoms with Crippen LogP contribution in [0, 0.1) is 6.92 Å². The number of fused-ring (bicyclic) bond motifs is 1. The van der Waals surface area contributed by atoms with Crippen molar-refractivity contribution in [3.8, 4) is 5.88 Å². The zero-order chi connectivity index (χ0) is 15.7. The Bertz CT molecular complexity index is 879. The van der Waals surface area contributed by atoms with Crippen LogP contribution in [0.1, 0.15) is 15.9 Å². The van der Waals surface area contributed by atoms with Gasteiger partial charge in [-0.15, -0.1) is 10.2 Å². The van der Waals surface area contributed by atoms with Crippen molar-refractivity contribution >= 4 is 28.2 Å².